The van der Waals surface area contributed by atoms with Crippen molar-refractivity contribution in [1.29, 1.82) is 0 Å². The lowest BCUT2D eigenvalue weighted by atomic mass is 10.1. The van der Waals surface area contributed by atoms with Crippen LogP contribution in [-0.2, 0) is 9.53 Å². The molecule has 0 spiro atoms. The molecule has 4 heterocycles. The van der Waals surface area contributed by atoms with Crippen molar-refractivity contribution in [2.75, 3.05) is 46.4 Å². The zero-order valence-electron chi connectivity index (χ0n) is 16.3. The van der Waals surface area contributed by atoms with E-state index in [0.717, 1.165) is 25.2 Å². The molecule has 2 amide bonds. The van der Waals surface area contributed by atoms with Crippen LogP contribution in [0.15, 0.2) is 18.6 Å². The fraction of sp³-hybridized carbons (Fsp3) is 0.579. The van der Waals surface area contributed by atoms with Gasteiger partial charge in [0.25, 0.3) is 5.91 Å². The minimum atomic E-state index is -0.297. The molecule has 2 aliphatic heterocycles. The number of morpholine rings is 1. The third kappa shape index (κ3) is 3.72. The zero-order chi connectivity index (χ0) is 19.7. The molecule has 2 unspecified atom stereocenters. The lowest BCUT2D eigenvalue weighted by Gasteiger charge is -2.37. The summed E-state index contributed by atoms with van der Waals surface area (Å²) in [7, 11) is 2.04. The molecule has 2 aliphatic rings. The van der Waals surface area contributed by atoms with E-state index in [4.69, 9.17) is 4.74 Å². The fourth-order valence-electron chi connectivity index (χ4n) is 3.98. The Balaban J connectivity index is 1.43. The van der Waals surface area contributed by atoms with Crippen molar-refractivity contribution >= 4 is 17.5 Å². The van der Waals surface area contributed by atoms with Crippen molar-refractivity contribution < 1.29 is 14.3 Å². The second kappa shape index (κ2) is 7.84. The highest BCUT2D eigenvalue weighted by molar-refractivity contribution is 5.97. The molecule has 2 saturated heterocycles. The maximum Gasteiger partial charge on any atom is 0.273 e. The third-order valence-corrected chi connectivity index (χ3v) is 5.46. The van der Waals surface area contributed by atoms with E-state index >= 15 is 0 Å². The molecular weight excluding hydrogens is 360 g/mol. The Hall–Kier alpha value is -2.52. The van der Waals surface area contributed by atoms with E-state index in [1.54, 1.807) is 16.8 Å². The lowest BCUT2D eigenvalue weighted by molar-refractivity contribution is -0.143. The average molecular weight is 386 g/mol. The molecule has 2 aromatic heterocycles. The number of hydrogen-bond acceptors (Lipinski definition) is 6. The van der Waals surface area contributed by atoms with Gasteiger partial charge in [0.1, 0.15) is 0 Å². The molecule has 28 heavy (non-hydrogen) atoms. The van der Waals surface area contributed by atoms with Gasteiger partial charge in [-0.15, -0.1) is 0 Å². The first-order chi connectivity index (χ1) is 13.5. The van der Waals surface area contributed by atoms with Gasteiger partial charge in [-0.2, -0.15) is 0 Å². The highest BCUT2D eigenvalue weighted by Gasteiger charge is 2.35. The van der Waals surface area contributed by atoms with E-state index in [0.29, 0.717) is 32.0 Å². The molecule has 0 bridgehead atoms. The van der Waals surface area contributed by atoms with Crippen LogP contribution in [-0.4, -0.2) is 88.5 Å². The number of nitrogens with one attached hydrogen (secondary N) is 1. The number of aromatic nitrogens is 3. The second-order valence-corrected chi connectivity index (χ2v) is 7.61. The third-order valence-electron chi connectivity index (χ3n) is 5.46. The number of imidazole rings is 1. The Labute approximate surface area is 163 Å². The van der Waals surface area contributed by atoms with Crippen LogP contribution in [0.1, 0.15) is 22.6 Å². The van der Waals surface area contributed by atoms with Gasteiger partial charge in [0.15, 0.2) is 11.3 Å². The van der Waals surface area contributed by atoms with Gasteiger partial charge in [-0.1, -0.05) is 0 Å². The molecule has 2 fully saturated rings. The molecule has 2 atom stereocenters. The van der Waals surface area contributed by atoms with Crippen molar-refractivity contribution in [2.24, 2.45) is 5.92 Å². The summed E-state index contributed by atoms with van der Waals surface area (Å²) in [5.41, 5.74) is 1.63. The van der Waals surface area contributed by atoms with Crippen LogP contribution in [0.5, 0.6) is 0 Å². The van der Waals surface area contributed by atoms with Crippen molar-refractivity contribution in [3.63, 3.8) is 0 Å². The van der Waals surface area contributed by atoms with Gasteiger partial charge in [0.05, 0.1) is 30.9 Å². The van der Waals surface area contributed by atoms with Crippen LogP contribution < -0.4 is 5.32 Å². The number of ether oxygens (including phenoxy) is 1. The Morgan fingerprint density at radius 2 is 2.21 bits per heavy atom. The summed E-state index contributed by atoms with van der Waals surface area (Å²) in [4.78, 5) is 38.3. The minimum Gasteiger partial charge on any atom is -0.377 e. The molecule has 0 radical (unpaired) electrons. The summed E-state index contributed by atoms with van der Waals surface area (Å²) in [6, 6.07) is -0.169. The average Bonchev–Trinajstić information content (AvgIpc) is 3.30. The molecule has 9 nitrogen and oxygen atoms in total. The lowest BCUT2D eigenvalue weighted by Crippen LogP contribution is -2.55. The number of aryl methyl sites for hydroxylation is 1. The molecule has 0 aliphatic carbocycles. The van der Waals surface area contributed by atoms with Crippen LogP contribution in [0.2, 0.25) is 0 Å². The van der Waals surface area contributed by atoms with Gasteiger partial charge < -0.3 is 24.3 Å². The number of nitrogens with zero attached hydrogens (tertiary/aromatic N) is 5. The Bertz CT molecular complexity index is 882. The molecule has 0 saturated carbocycles. The summed E-state index contributed by atoms with van der Waals surface area (Å²) >= 11 is 0. The number of rotatable bonds is 4. The minimum absolute atomic E-state index is 0.0320. The first kappa shape index (κ1) is 18.8. The highest BCUT2D eigenvalue weighted by Crippen LogP contribution is 2.20. The Kier molecular flexibility index (Phi) is 5.27. The van der Waals surface area contributed by atoms with Crippen molar-refractivity contribution in [3.8, 4) is 0 Å². The normalized spacial score (nSPS) is 23.3. The molecule has 9 heteroatoms. The van der Waals surface area contributed by atoms with Gasteiger partial charge in [-0.05, 0) is 26.9 Å². The topological polar surface area (TPSA) is 92.1 Å². The van der Waals surface area contributed by atoms with Crippen molar-refractivity contribution in [1.82, 2.24) is 29.5 Å². The molecule has 2 aromatic rings. The molecule has 4 rings (SSSR count). The van der Waals surface area contributed by atoms with Crippen LogP contribution in [0, 0.1) is 12.8 Å². The molecular formula is C19H26N6O3. The predicted molar refractivity (Wildman–Crippen MR) is 102 cm³/mol. The standard InChI is InChI=1S/C19H26N6O3/c1-13-10-24-6-4-20-16(17(24)22-13)18(26)21-9-15-12-28-8-7-25(15)19(27)14-3-5-23(2)11-14/h4,6,10,14-15H,3,5,7-9,11-12H2,1-2H3,(H,21,26). The molecule has 1 N–H and O–H groups in total. The molecule has 0 aromatic carbocycles. The maximum atomic E-state index is 13.0. The van der Waals surface area contributed by atoms with Gasteiger partial charge in [-0.25, -0.2) is 9.97 Å². The second-order valence-electron chi connectivity index (χ2n) is 7.61. The van der Waals surface area contributed by atoms with Crippen molar-refractivity contribution in [3.05, 3.63) is 30.0 Å². The number of amides is 2. The van der Waals surface area contributed by atoms with Gasteiger partial charge in [0.2, 0.25) is 5.91 Å². The van der Waals surface area contributed by atoms with E-state index in [9.17, 15) is 9.59 Å². The van der Waals surface area contributed by atoms with Gasteiger partial charge in [0, 0.05) is 38.2 Å². The summed E-state index contributed by atoms with van der Waals surface area (Å²) in [5.74, 6) is -0.101. The number of likely N-dealkylation sites (tertiary alicyclic amines) is 1. The number of hydrogen-bond donors (Lipinski definition) is 1. The monoisotopic (exact) mass is 386 g/mol. The first-order valence-corrected chi connectivity index (χ1v) is 9.68. The fourth-order valence-corrected chi connectivity index (χ4v) is 3.98. The maximum absolute atomic E-state index is 13.0. The Morgan fingerprint density at radius 1 is 1.36 bits per heavy atom. The van der Waals surface area contributed by atoms with Crippen LogP contribution in [0.3, 0.4) is 0 Å². The summed E-state index contributed by atoms with van der Waals surface area (Å²) < 4.78 is 7.36. The van der Waals surface area contributed by atoms with E-state index in [1.165, 1.54) is 0 Å². The smallest absolute Gasteiger partial charge is 0.273 e. The first-order valence-electron chi connectivity index (χ1n) is 9.68. The predicted octanol–water partition coefficient (Wildman–Crippen LogP) is -0.0534. The van der Waals surface area contributed by atoms with Gasteiger partial charge >= 0.3 is 0 Å². The van der Waals surface area contributed by atoms with Crippen molar-refractivity contribution in [2.45, 2.75) is 19.4 Å². The number of fused-ring (bicyclic) bond motifs is 1. The van der Waals surface area contributed by atoms with Gasteiger partial charge in [-0.3, -0.25) is 9.59 Å². The largest absolute Gasteiger partial charge is 0.377 e. The zero-order valence-corrected chi connectivity index (χ0v) is 16.3. The van der Waals surface area contributed by atoms with E-state index in [-0.39, 0.29) is 29.5 Å². The van der Waals surface area contributed by atoms with E-state index < -0.39 is 0 Å². The summed E-state index contributed by atoms with van der Waals surface area (Å²) in [5, 5.41) is 2.92. The number of carbonyl (C=O) groups is 2. The number of carbonyl (C=O) groups excluding carboxylic acids is 2. The quantitative estimate of drug-likeness (QED) is 0.792. The van der Waals surface area contributed by atoms with Crippen LogP contribution in [0.4, 0.5) is 0 Å². The SMILES string of the molecule is Cc1cn2ccnc(C(=O)NCC3COCCN3C(=O)C3CCN(C)C3)c2n1. The Morgan fingerprint density at radius 3 is 3.00 bits per heavy atom. The highest BCUT2D eigenvalue weighted by atomic mass is 16.5. The summed E-state index contributed by atoms with van der Waals surface area (Å²) in [6.07, 6.45) is 6.08. The van der Waals surface area contributed by atoms with E-state index in [1.807, 2.05) is 25.1 Å². The van der Waals surface area contributed by atoms with Crippen LogP contribution >= 0.6 is 0 Å². The van der Waals surface area contributed by atoms with Crippen LogP contribution in [0.25, 0.3) is 5.65 Å². The van der Waals surface area contributed by atoms with E-state index in [2.05, 4.69) is 20.2 Å². The summed E-state index contributed by atoms with van der Waals surface area (Å²) in [6.45, 7) is 5.46. The molecule has 150 valence electrons.